The molecule has 2 fully saturated rings. The van der Waals surface area contributed by atoms with E-state index < -0.39 is 0 Å². The molecule has 0 amide bonds. The summed E-state index contributed by atoms with van der Waals surface area (Å²) in [6.07, 6.45) is 3.14. The smallest absolute Gasteiger partial charge is 0.150 e. The maximum Gasteiger partial charge on any atom is 0.150 e. The molecular formula is C14H23N5. The van der Waals surface area contributed by atoms with Gasteiger partial charge in [0.2, 0.25) is 0 Å². The first kappa shape index (κ1) is 12.8. The van der Waals surface area contributed by atoms with Crippen LogP contribution in [0.1, 0.15) is 17.8 Å². The standard InChI is InChI=1S/C14H23N5/c1-11-9-16-12(2)14(17-11)19-7-5-18(6-8-19)13-3-4-15-10-13/h9,13,15H,3-8,10H2,1-2H3. The van der Waals surface area contributed by atoms with Gasteiger partial charge in [0.1, 0.15) is 5.82 Å². The average molecular weight is 261 g/mol. The molecule has 1 N–H and O–H groups in total. The van der Waals surface area contributed by atoms with E-state index in [1.807, 2.05) is 13.1 Å². The summed E-state index contributed by atoms with van der Waals surface area (Å²) in [4.78, 5) is 14.1. The Labute approximate surface area is 115 Å². The Hall–Kier alpha value is -1.20. The van der Waals surface area contributed by atoms with Crippen molar-refractivity contribution in [2.75, 3.05) is 44.2 Å². The third kappa shape index (κ3) is 2.72. The fourth-order valence-electron chi connectivity index (χ4n) is 3.07. The fourth-order valence-corrected chi connectivity index (χ4v) is 3.07. The van der Waals surface area contributed by atoms with Gasteiger partial charge in [0.05, 0.1) is 11.4 Å². The first-order valence-electron chi connectivity index (χ1n) is 7.24. The van der Waals surface area contributed by atoms with E-state index in [1.165, 1.54) is 13.0 Å². The van der Waals surface area contributed by atoms with E-state index in [1.54, 1.807) is 0 Å². The molecule has 0 aromatic carbocycles. The highest BCUT2D eigenvalue weighted by atomic mass is 15.3. The van der Waals surface area contributed by atoms with Crippen LogP contribution in [0.3, 0.4) is 0 Å². The van der Waals surface area contributed by atoms with Crippen molar-refractivity contribution < 1.29 is 0 Å². The van der Waals surface area contributed by atoms with Gasteiger partial charge in [-0.3, -0.25) is 9.88 Å². The van der Waals surface area contributed by atoms with Crippen molar-refractivity contribution in [2.45, 2.75) is 26.3 Å². The second-order valence-electron chi connectivity index (χ2n) is 5.59. The van der Waals surface area contributed by atoms with Gasteiger partial charge in [-0.25, -0.2) is 4.98 Å². The predicted molar refractivity (Wildman–Crippen MR) is 76.6 cm³/mol. The number of nitrogens with zero attached hydrogens (tertiary/aromatic N) is 4. The van der Waals surface area contributed by atoms with Gasteiger partial charge in [0.25, 0.3) is 0 Å². The Kier molecular flexibility index (Phi) is 3.66. The number of hydrogen-bond donors (Lipinski definition) is 1. The maximum atomic E-state index is 4.65. The van der Waals surface area contributed by atoms with Crippen LogP contribution >= 0.6 is 0 Å². The Bertz CT molecular complexity index is 433. The molecule has 0 bridgehead atoms. The summed E-state index contributed by atoms with van der Waals surface area (Å²) in [6.45, 7) is 10.8. The van der Waals surface area contributed by atoms with Gasteiger partial charge >= 0.3 is 0 Å². The van der Waals surface area contributed by atoms with Gasteiger partial charge in [0.15, 0.2) is 0 Å². The van der Waals surface area contributed by atoms with Gasteiger partial charge < -0.3 is 10.2 Å². The molecule has 5 heteroatoms. The van der Waals surface area contributed by atoms with E-state index in [9.17, 15) is 0 Å². The molecule has 2 saturated heterocycles. The quantitative estimate of drug-likeness (QED) is 0.843. The number of aromatic nitrogens is 2. The lowest BCUT2D eigenvalue weighted by molar-refractivity contribution is 0.196. The molecule has 0 radical (unpaired) electrons. The highest BCUT2D eigenvalue weighted by Gasteiger charge is 2.26. The molecule has 3 heterocycles. The van der Waals surface area contributed by atoms with Crippen molar-refractivity contribution in [3.05, 3.63) is 17.6 Å². The zero-order chi connectivity index (χ0) is 13.2. The lowest BCUT2D eigenvalue weighted by atomic mass is 10.2. The van der Waals surface area contributed by atoms with Crippen molar-refractivity contribution in [3.63, 3.8) is 0 Å². The third-order valence-corrected chi connectivity index (χ3v) is 4.22. The van der Waals surface area contributed by atoms with Gasteiger partial charge in [-0.05, 0) is 26.8 Å². The van der Waals surface area contributed by atoms with Crippen LogP contribution in [0.2, 0.25) is 0 Å². The molecule has 104 valence electrons. The molecule has 0 aliphatic carbocycles. The molecule has 0 saturated carbocycles. The van der Waals surface area contributed by atoms with E-state index in [0.29, 0.717) is 0 Å². The molecule has 1 aromatic heterocycles. The highest BCUT2D eigenvalue weighted by Crippen LogP contribution is 2.19. The minimum Gasteiger partial charge on any atom is -0.353 e. The van der Waals surface area contributed by atoms with Crippen molar-refractivity contribution in [1.82, 2.24) is 20.2 Å². The Morgan fingerprint density at radius 1 is 1.21 bits per heavy atom. The van der Waals surface area contributed by atoms with E-state index in [0.717, 1.165) is 56.0 Å². The van der Waals surface area contributed by atoms with Crippen LogP contribution in [-0.2, 0) is 0 Å². The Morgan fingerprint density at radius 2 is 2.00 bits per heavy atom. The molecule has 2 aliphatic rings. The molecule has 3 rings (SSSR count). The maximum absolute atomic E-state index is 4.65. The molecule has 19 heavy (non-hydrogen) atoms. The Balaban J connectivity index is 1.64. The normalized spacial score (nSPS) is 24.9. The Morgan fingerprint density at radius 3 is 2.68 bits per heavy atom. The third-order valence-electron chi connectivity index (χ3n) is 4.22. The number of hydrogen-bond acceptors (Lipinski definition) is 5. The van der Waals surface area contributed by atoms with E-state index in [2.05, 4.69) is 32.0 Å². The predicted octanol–water partition coefficient (Wildman–Crippen LogP) is 0.577. The topological polar surface area (TPSA) is 44.3 Å². The first-order valence-corrected chi connectivity index (χ1v) is 7.24. The van der Waals surface area contributed by atoms with Crippen LogP contribution in [-0.4, -0.2) is 60.2 Å². The summed E-state index contributed by atoms with van der Waals surface area (Å²) in [6, 6.07) is 0.742. The largest absolute Gasteiger partial charge is 0.353 e. The molecule has 2 aliphatic heterocycles. The van der Waals surface area contributed by atoms with Crippen LogP contribution in [0.4, 0.5) is 5.82 Å². The first-order chi connectivity index (χ1) is 9.24. The number of anilines is 1. The number of aryl methyl sites for hydroxylation is 2. The minimum absolute atomic E-state index is 0.742. The fraction of sp³-hybridized carbons (Fsp3) is 0.714. The van der Waals surface area contributed by atoms with Crippen LogP contribution in [0.15, 0.2) is 6.20 Å². The monoisotopic (exact) mass is 261 g/mol. The summed E-state index contributed by atoms with van der Waals surface area (Å²) in [5.41, 5.74) is 2.05. The molecule has 1 aromatic rings. The number of piperazine rings is 1. The minimum atomic E-state index is 0.742. The second kappa shape index (κ2) is 5.43. The summed E-state index contributed by atoms with van der Waals surface area (Å²) in [5, 5.41) is 3.45. The summed E-state index contributed by atoms with van der Waals surface area (Å²) in [5.74, 6) is 1.07. The highest BCUT2D eigenvalue weighted by molar-refractivity contribution is 5.43. The van der Waals surface area contributed by atoms with Gasteiger partial charge in [-0.1, -0.05) is 0 Å². The van der Waals surface area contributed by atoms with E-state index >= 15 is 0 Å². The zero-order valence-corrected chi connectivity index (χ0v) is 11.9. The van der Waals surface area contributed by atoms with Crippen molar-refractivity contribution in [1.29, 1.82) is 0 Å². The van der Waals surface area contributed by atoms with Gasteiger partial charge in [-0.2, -0.15) is 0 Å². The zero-order valence-electron chi connectivity index (χ0n) is 11.9. The van der Waals surface area contributed by atoms with Crippen molar-refractivity contribution in [3.8, 4) is 0 Å². The molecule has 0 spiro atoms. The second-order valence-corrected chi connectivity index (χ2v) is 5.59. The summed E-state index contributed by atoms with van der Waals surface area (Å²) in [7, 11) is 0. The molecule has 1 unspecified atom stereocenters. The van der Waals surface area contributed by atoms with Crippen LogP contribution in [0.25, 0.3) is 0 Å². The molecular weight excluding hydrogens is 238 g/mol. The number of rotatable bonds is 2. The summed E-state index contributed by atoms with van der Waals surface area (Å²) < 4.78 is 0. The van der Waals surface area contributed by atoms with E-state index in [-0.39, 0.29) is 0 Å². The van der Waals surface area contributed by atoms with Gasteiger partial charge in [-0.15, -0.1) is 0 Å². The van der Waals surface area contributed by atoms with Crippen LogP contribution < -0.4 is 10.2 Å². The van der Waals surface area contributed by atoms with Crippen LogP contribution in [0.5, 0.6) is 0 Å². The van der Waals surface area contributed by atoms with Crippen molar-refractivity contribution in [2.24, 2.45) is 0 Å². The van der Waals surface area contributed by atoms with Gasteiger partial charge in [0, 0.05) is 45.0 Å². The van der Waals surface area contributed by atoms with E-state index in [4.69, 9.17) is 0 Å². The van der Waals surface area contributed by atoms with Crippen molar-refractivity contribution >= 4 is 5.82 Å². The molecule has 1 atom stereocenters. The average Bonchev–Trinajstić information content (AvgIpc) is 2.96. The van der Waals surface area contributed by atoms with Crippen LogP contribution in [0, 0.1) is 13.8 Å². The lowest BCUT2D eigenvalue weighted by Gasteiger charge is -2.38. The number of nitrogens with one attached hydrogen (secondary N) is 1. The summed E-state index contributed by atoms with van der Waals surface area (Å²) >= 11 is 0. The lowest BCUT2D eigenvalue weighted by Crippen LogP contribution is -2.51. The SMILES string of the molecule is Cc1cnc(C)c(N2CCN(C3CCNC3)CC2)n1. The molecule has 5 nitrogen and oxygen atoms in total.